The van der Waals surface area contributed by atoms with Crippen molar-refractivity contribution in [3.8, 4) is 0 Å². The monoisotopic (exact) mass is 334 g/mol. The zero-order chi connectivity index (χ0) is 14.7. The Balaban J connectivity index is 1.96. The lowest BCUT2D eigenvalue weighted by molar-refractivity contribution is -0.117. The molecular formula is C14H17Cl3N2O. The van der Waals surface area contributed by atoms with Gasteiger partial charge in [0.05, 0.1) is 27.3 Å². The second kappa shape index (κ2) is 6.99. The van der Waals surface area contributed by atoms with Gasteiger partial charge in [-0.15, -0.1) is 0 Å². The molecule has 1 N–H and O–H groups in total. The van der Waals surface area contributed by atoms with Crippen molar-refractivity contribution >= 4 is 46.4 Å². The van der Waals surface area contributed by atoms with Gasteiger partial charge >= 0.3 is 0 Å². The summed E-state index contributed by atoms with van der Waals surface area (Å²) >= 11 is 17.8. The second-order valence-electron chi connectivity index (χ2n) is 5.28. The number of anilines is 1. The highest BCUT2D eigenvalue weighted by atomic mass is 35.5. The molecule has 0 radical (unpaired) electrons. The number of hydrogen-bond donors (Lipinski definition) is 1. The van der Waals surface area contributed by atoms with Crippen LogP contribution < -0.4 is 5.32 Å². The number of piperidine rings is 1. The van der Waals surface area contributed by atoms with E-state index in [1.807, 2.05) is 0 Å². The zero-order valence-electron chi connectivity index (χ0n) is 11.3. The molecule has 2 rings (SSSR count). The van der Waals surface area contributed by atoms with Crippen LogP contribution in [0.5, 0.6) is 0 Å². The van der Waals surface area contributed by atoms with E-state index in [1.165, 1.54) is 12.5 Å². The number of hydrogen-bond acceptors (Lipinski definition) is 2. The molecule has 0 saturated carbocycles. The summed E-state index contributed by atoms with van der Waals surface area (Å²) in [6.07, 6.45) is 2.37. The van der Waals surface area contributed by atoms with Crippen LogP contribution in [0.2, 0.25) is 15.1 Å². The normalized spacial score (nSPS) is 19.9. The van der Waals surface area contributed by atoms with Crippen LogP contribution >= 0.6 is 34.8 Å². The fourth-order valence-corrected chi connectivity index (χ4v) is 3.04. The lowest BCUT2D eigenvalue weighted by Crippen LogP contribution is -2.39. The highest BCUT2D eigenvalue weighted by Crippen LogP contribution is 2.32. The summed E-state index contributed by atoms with van der Waals surface area (Å²) in [5.41, 5.74) is 0.496. The number of benzene rings is 1. The van der Waals surface area contributed by atoms with Crippen molar-refractivity contribution in [3.05, 3.63) is 27.2 Å². The van der Waals surface area contributed by atoms with Crippen molar-refractivity contribution in [1.82, 2.24) is 4.90 Å². The third-order valence-electron chi connectivity index (χ3n) is 3.39. The van der Waals surface area contributed by atoms with Crippen LogP contribution in [0.25, 0.3) is 0 Å². The molecule has 1 aliphatic heterocycles. The van der Waals surface area contributed by atoms with Gasteiger partial charge in [-0.1, -0.05) is 41.7 Å². The molecule has 20 heavy (non-hydrogen) atoms. The molecule has 3 nitrogen and oxygen atoms in total. The van der Waals surface area contributed by atoms with Crippen LogP contribution in [0.3, 0.4) is 0 Å². The Hall–Kier alpha value is -0.480. The third kappa shape index (κ3) is 4.26. The van der Waals surface area contributed by atoms with E-state index < -0.39 is 0 Å². The predicted molar refractivity (Wildman–Crippen MR) is 84.9 cm³/mol. The Bertz CT molecular complexity index is 507. The van der Waals surface area contributed by atoms with Gasteiger partial charge in [0, 0.05) is 6.54 Å². The minimum Gasteiger partial charge on any atom is -0.324 e. The lowest BCUT2D eigenvalue weighted by Gasteiger charge is -2.30. The molecule has 1 aromatic carbocycles. The van der Waals surface area contributed by atoms with Gasteiger partial charge in [0.2, 0.25) is 5.91 Å². The molecule has 1 aromatic rings. The van der Waals surface area contributed by atoms with Gasteiger partial charge < -0.3 is 5.32 Å². The van der Waals surface area contributed by atoms with E-state index in [1.54, 1.807) is 6.07 Å². The third-order valence-corrected chi connectivity index (χ3v) is 4.43. The lowest BCUT2D eigenvalue weighted by atomic mass is 10.0. The number of carbonyl (C=O) groups is 1. The molecule has 0 aromatic heterocycles. The van der Waals surface area contributed by atoms with E-state index in [0.29, 0.717) is 33.2 Å². The van der Waals surface area contributed by atoms with Crippen molar-refractivity contribution in [2.24, 2.45) is 5.92 Å². The van der Waals surface area contributed by atoms with Crippen molar-refractivity contribution in [3.63, 3.8) is 0 Å². The van der Waals surface area contributed by atoms with Crippen molar-refractivity contribution < 1.29 is 4.79 Å². The van der Waals surface area contributed by atoms with Crippen molar-refractivity contribution in [2.75, 3.05) is 25.0 Å². The van der Waals surface area contributed by atoms with Gasteiger partial charge in [-0.2, -0.15) is 0 Å². The van der Waals surface area contributed by atoms with Crippen LogP contribution in [0.4, 0.5) is 5.69 Å². The Kier molecular flexibility index (Phi) is 5.56. The van der Waals surface area contributed by atoms with Crippen molar-refractivity contribution in [1.29, 1.82) is 0 Å². The minimum atomic E-state index is -0.0839. The molecule has 1 saturated heterocycles. The second-order valence-corrected chi connectivity index (χ2v) is 6.50. The SMILES string of the molecule is C[C@@H]1CCCN(CC(=O)Nc2cc(Cl)c(Cl)cc2Cl)C1. The molecule has 1 heterocycles. The van der Waals surface area contributed by atoms with E-state index in [4.69, 9.17) is 34.8 Å². The molecule has 0 unspecified atom stereocenters. The quantitative estimate of drug-likeness (QED) is 0.834. The maximum absolute atomic E-state index is 12.0. The first-order chi connectivity index (χ1) is 9.45. The molecule has 1 aliphatic rings. The first-order valence-electron chi connectivity index (χ1n) is 6.62. The molecule has 1 atom stereocenters. The topological polar surface area (TPSA) is 32.3 Å². The smallest absolute Gasteiger partial charge is 0.238 e. The summed E-state index contributed by atoms with van der Waals surface area (Å²) in [4.78, 5) is 14.2. The predicted octanol–water partition coefficient (Wildman–Crippen LogP) is 4.32. The Labute approximate surface area is 134 Å². The van der Waals surface area contributed by atoms with Crippen LogP contribution in [0.15, 0.2) is 12.1 Å². The Morgan fingerprint density at radius 2 is 2.00 bits per heavy atom. The number of rotatable bonds is 3. The van der Waals surface area contributed by atoms with Crippen LogP contribution in [-0.2, 0) is 4.79 Å². The van der Waals surface area contributed by atoms with E-state index in [9.17, 15) is 4.79 Å². The molecule has 1 amide bonds. The molecule has 110 valence electrons. The first-order valence-corrected chi connectivity index (χ1v) is 7.76. The maximum atomic E-state index is 12.0. The van der Waals surface area contributed by atoms with E-state index in [-0.39, 0.29) is 5.91 Å². The summed E-state index contributed by atoms with van der Waals surface area (Å²) in [7, 11) is 0. The Morgan fingerprint density at radius 3 is 2.70 bits per heavy atom. The number of amides is 1. The molecule has 1 fully saturated rings. The fraction of sp³-hybridized carbons (Fsp3) is 0.500. The summed E-state index contributed by atoms with van der Waals surface area (Å²) in [6, 6.07) is 3.10. The van der Waals surface area contributed by atoms with Crippen LogP contribution in [0, 0.1) is 5.92 Å². The van der Waals surface area contributed by atoms with Gasteiger partial charge in [-0.25, -0.2) is 0 Å². The van der Waals surface area contributed by atoms with E-state index in [2.05, 4.69) is 17.1 Å². The first kappa shape index (κ1) is 15.9. The van der Waals surface area contributed by atoms with Crippen LogP contribution in [0.1, 0.15) is 19.8 Å². The summed E-state index contributed by atoms with van der Waals surface area (Å²) < 4.78 is 0. The maximum Gasteiger partial charge on any atom is 0.238 e. The standard InChI is InChI=1S/C14H17Cl3N2O/c1-9-3-2-4-19(7-9)8-14(20)18-13-6-11(16)10(15)5-12(13)17/h5-6,9H,2-4,7-8H2,1H3,(H,18,20)/t9-/m1/s1. The average Bonchev–Trinajstić information content (AvgIpc) is 2.36. The van der Waals surface area contributed by atoms with Gasteiger partial charge in [-0.3, -0.25) is 9.69 Å². The molecular weight excluding hydrogens is 319 g/mol. The number of nitrogens with zero attached hydrogens (tertiary/aromatic N) is 1. The largest absolute Gasteiger partial charge is 0.324 e. The average molecular weight is 336 g/mol. The van der Waals surface area contributed by atoms with E-state index >= 15 is 0 Å². The molecule has 0 spiro atoms. The van der Waals surface area contributed by atoms with Gasteiger partial charge in [0.25, 0.3) is 0 Å². The molecule has 0 aliphatic carbocycles. The highest BCUT2D eigenvalue weighted by molar-refractivity contribution is 6.44. The number of nitrogens with one attached hydrogen (secondary N) is 1. The molecule has 6 heteroatoms. The number of carbonyl (C=O) groups excluding carboxylic acids is 1. The summed E-state index contributed by atoms with van der Waals surface area (Å²) in [6.45, 7) is 4.51. The number of likely N-dealkylation sites (tertiary alicyclic amines) is 1. The minimum absolute atomic E-state index is 0.0839. The number of halogens is 3. The summed E-state index contributed by atoms with van der Waals surface area (Å²) in [5, 5.41) is 3.92. The van der Waals surface area contributed by atoms with Gasteiger partial charge in [-0.05, 0) is 37.4 Å². The van der Waals surface area contributed by atoms with Crippen molar-refractivity contribution in [2.45, 2.75) is 19.8 Å². The Morgan fingerprint density at radius 1 is 1.30 bits per heavy atom. The zero-order valence-corrected chi connectivity index (χ0v) is 13.5. The van der Waals surface area contributed by atoms with E-state index in [0.717, 1.165) is 19.5 Å². The van der Waals surface area contributed by atoms with Crippen LogP contribution in [-0.4, -0.2) is 30.4 Å². The molecule has 0 bridgehead atoms. The highest BCUT2D eigenvalue weighted by Gasteiger charge is 2.19. The summed E-state index contributed by atoms with van der Waals surface area (Å²) in [5.74, 6) is 0.560. The fourth-order valence-electron chi connectivity index (χ4n) is 2.44. The van der Waals surface area contributed by atoms with Gasteiger partial charge in [0.1, 0.15) is 0 Å². The van der Waals surface area contributed by atoms with Gasteiger partial charge in [0.15, 0.2) is 0 Å².